The second-order valence-corrected chi connectivity index (χ2v) is 5.10. The molecule has 1 saturated heterocycles. The van der Waals surface area contributed by atoms with Crippen LogP contribution in [0.15, 0.2) is 0 Å². The lowest BCUT2D eigenvalue weighted by molar-refractivity contribution is -0.126. The van der Waals surface area contributed by atoms with Gasteiger partial charge in [0.15, 0.2) is 0 Å². The topological polar surface area (TPSA) is 41.1 Å². The van der Waals surface area contributed by atoms with Gasteiger partial charge in [-0.15, -0.1) is 0 Å². The van der Waals surface area contributed by atoms with Crippen LogP contribution >= 0.6 is 0 Å². The lowest BCUT2D eigenvalue weighted by Gasteiger charge is -2.26. The van der Waals surface area contributed by atoms with Crippen LogP contribution in [0.25, 0.3) is 0 Å². The average Bonchev–Trinajstić information content (AvgIpc) is 2.89. The fourth-order valence-corrected chi connectivity index (χ4v) is 2.15. The molecule has 2 rings (SSSR count). The van der Waals surface area contributed by atoms with Crippen molar-refractivity contribution in [3.05, 3.63) is 0 Å². The van der Waals surface area contributed by atoms with Gasteiger partial charge in [-0.25, -0.2) is 0 Å². The minimum atomic E-state index is 0.000231. The normalized spacial score (nSPS) is 34.1. The maximum absolute atomic E-state index is 11.8. The highest BCUT2D eigenvalue weighted by atomic mass is 16.2. The van der Waals surface area contributed by atoms with Crippen molar-refractivity contribution in [2.75, 3.05) is 13.1 Å². The van der Waals surface area contributed by atoms with E-state index in [1.54, 1.807) is 0 Å². The predicted molar refractivity (Wildman–Crippen MR) is 55.9 cm³/mol. The van der Waals surface area contributed by atoms with E-state index in [2.05, 4.69) is 24.5 Å². The molecule has 0 aromatic rings. The molecule has 14 heavy (non-hydrogen) atoms. The quantitative estimate of drug-likeness (QED) is 0.704. The van der Waals surface area contributed by atoms with Crippen LogP contribution in [0.4, 0.5) is 0 Å². The van der Waals surface area contributed by atoms with Crippen LogP contribution in [-0.2, 0) is 4.79 Å². The van der Waals surface area contributed by atoms with Crippen molar-refractivity contribution in [3.8, 4) is 0 Å². The molecule has 0 aromatic heterocycles. The lowest BCUT2D eigenvalue weighted by Crippen LogP contribution is -2.49. The van der Waals surface area contributed by atoms with Gasteiger partial charge in [-0.3, -0.25) is 4.79 Å². The van der Waals surface area contributed by atoms with E-state index in [1.807, 2.05) is 0 Å². The Kier molecular flexibility index (Phi) is 2.52. The number of carbonyl (C=O) groups is 1. The summed E-state index contributed by atoms with van der Waals surface area (Å²) in [5.74, 6) is 1.12. The second-order valence-electron chi connectivity index (χ2n) is 5.10. The van der Waals surface area contributed by atoms with E-state index in [9.17, 15) is 4.79 Å². The van der Waals surface area contributed by atoms with Crippen LogP contribution in [0.3, 0.4) is 0 Å². The molecule has 0 radical (unpaired) electrons. The summed E-state index contributed by atoms with van der Waals surface area (Å²) >= 11 is 0. The van der Waals surface area contributed by atoms with Crippen molar-refractivity contribution in [3.63, 3.8) is 0 Å². The zero-order valence-electron chi connectivity index (χ0n) is 9.10. The Morgan fingerprint density at radius 3 is 2.79 bits per heavy atom. The van der Waals surface area contributed by atoms with Crippen LogP contribution < -0.4 is 10.6 Å². The summed E-state index contributed by atoms with van der Waals surface area (Å²) in [6, 6.07) is 0. The van der Waals surface area contributed by atoms with Gasteiger partial charge in [0.1, 0.15) is 0 Å². The van der Waals surface area contributed by atoms with E-state index in [4.69, 9.17) is 0 Å². The number of nitrogens with one attached hydrogen (secondary N) is 2. The first kappa shape index (κ1) is 9.97. The minimum absolute atomic E-state index is 0.000231. The smallest absolute Gasteiger partial charge is 0.223 e. The first-order chi connectivity index (χ1) is 6.61. The third kappa shape index (κ3) is 2.08. The number of hydrogen-bond acceptors (Lipinski definition) is 2. The molecule has 2 aliphatic rings. The molecule has 2 atom stereocenters. The van der Waals surface area contributed by atoms with E-state index < -0.39 is 0 Å². The van der Waals surface area contributed by atoms with Crippen LogP contribution in [0.2, 0.25) is 0 Å². The van der Waals surface area contributed by atoms with Gasteiger partial charge >= 0.3 is 0 Å². The van der Waals surface area contributed by atoms with E-state index in [0.717, 1.165) is 19.5 Å². The Morgan fingerprint density at radius 1 is 1.57 bits per heavy atom. The molecule has 1 amide bonds. The SMILES string of the molecule is CC(C(=O)NC1(C)CCNC1)C1CC1. The largest absolute Gasteiger partial charge is 0.349 e. The maximum Gasteiger partial charge on any atom is 0.223 e. The molecular weight excluding hydrogens is 176 g/mol. The van der Waals surface area contributed by atoms with Gasteiger partial charge < -0.3 is 10.6 Å². The Morgan fingerprint density at radius 2 is 2.29 bits per heavy atom. The highest BCUT2D eigenvalue weighted by molar-refractivity contribution is 5.79. The Hall–Kier alpha value is -0.570. The predicted octanol–water partition coefficient (Wildman–Crippen LogP) is 0.901. The van der Waals surface area contributed by atoms with E-state index in [0.29, 0.717) is 5.92 Å². The Labute approximate surface area is 85.6 Å². The zero-order valence-corrected chi connectivity index (χ0v) is 9.10. The van der Waals surface area contributed by atoms with Crippen LogP contribution in [0.1, 0.15) is 33.1 Å². The molecule has 80 valence electrons. The Balaban J connectivity index is 1.86. The van der Waals surface area contributed by atoms with Crippen LogP contribution in [0, 0.1) is 11.8 Å². The summed E-state index contributed by atoms with van der Waals surface area (Å²) in [5.41, 5.74) is 0.000231. The zero-order chi connectivity index (χ0) is 10.2. The average molecular weight is 196 g/mol. The molecule has 3 heteroatoms. The summed E-state index contributed by atoms with van der Waals surface area (Å²) < 4.78 is 0. The van der Waals surface area contributed by atoms with Crippen molar-refractivity contribution in [2.45, 2.75) is 38.6 Å². The van der Waals surface area contributed by atoms with Crippen molar-refractivity contribution >= 4 is 5.91 Å². The van der Waals surface area contributed by atoms with E-state index in [-0.39, 0.29) is 17.4 Å². The lowest BCUT2D eigenvalue weighted by atomic mass is 9.98. The number of amides is 1. The first-order valence-corrected chi connectivity index (χ1v) is 5.63. The van der Waals surface area contributed by atoms with E-state index >= 15 is 0 Å². The van der Waals surface area contributed by atoms with Crippen LogP contribution in [-0.4, -0.2) is 24.5 Å². The van der Waals surface area contributed by atoms with Crippen molar-refractivity contribution in [2.24, 2.45) is 11.8 Å². The number of hydrogen-bond donors (Lipinski definition) is 2. The highest BCUT2D eigenvalue weighted by Gasteiger charge is 2.36. The third-order valence-corrected chi connectivity index (χ3v) is 3.54. The highest BCUT2D eigenvalue weighted by Crippen LogP contribution is 2.36. The van der Waals surface area contributed by atoms with Gasteiger partial charge in [0.05, 0.1) is 5.54 Å². The van der Waals surface area contributed by atoms with Gasteiger partial charge in [0.2, 0.25) is 5.91 Å². The molecule has 2 fully saturated rings. The molecule has 0 spiro atoms. The fraction of sp³-hybridized carbons (Fsp3) is 0.909. The third-order valence-electron chi connectivity index (χ3n) is 3.54. The molecule has 1 aliphatic heterocycles. The number of rotatable bonds is 3. The molecule has 0 bridgehead atoms. The summed E-state index contributed by atoms with van der Waals surface area (Å²) in [5, 5.41) is 6.46. The summed E-state index contributed by atoms with van der Waals surface area (Å²) in [4.78, 5) is 11.8. The molecule has 2 unspecified atom stereocenters. The van der Waals surface area contributed by atoms with Gasteiger partial charge in [0, 0.05) is 12.5 Å². The molecule has 3 nitrogen and oxygen atoms in total. The molecule has 1 heterocycles. The fourth-order valence-electron chi connectivity index (χ4n) is 2.15. The second kappa shape index (κ2) is 3.54. The van der Waals surface area contributed by atoms with Gasteiger partial charge in [-0.1, -0.05) is 6.92 Å². The summed E-state index contributed by atoms with van der Waals surface area (Å²) in [7, 11) is 0. The van der Waals surface area contributed by atoms with Gasteiger partial charge in [-0.2, -0.15) is 0 Å². The molecule has 1 aliphatic carbocycles. The standard InChI is InChI=1S/C11H20N2O/c1-8(9-3-4-9)10(14)13-11(2)5-6-12-7-11/h8-9,12H,3-7H2,1-2H3,(H,13,14). The van der Waals surface area contributed by atoms with Gasteiger partial charge in [0.25, 0.3) is 0 Å². The van der Waals surface area contributed by atoms with Gasteiger partial charge in [-0.05, 0) is 38.6 Å². The molecule has 0 aromatic carbocycles. The monoisotopic (exact) mass is 196 g/mol. The maximum atomic E-state index is 11.8. The molecule has 2 N–H and O–H groups in total. The Bertz CT molecular complexity index is 229. The van der Waals surface area contributed by atoms with Crippen molar-refractivity contribution in [1.82, 2.24) is 10.6 Å². The molecular formula is C11H20N2O. The summed E-state index contributed by atoms with van der Waals surface area (Å²) in [6.07, 6.45) is 3.53. The van der Waals surface area contributed by atoms with Crippen molar-refractivity contribution < 1.29 is 4.79 Å². The van der Waals surface area contributed by atoms with E-state index in [1.165, 1.54) is 12.8 Å². The molecule has 1 saturated carbocycles. The van der Waals surface area contributed by atoms with Crippen LogP contribution in [0.5, 0.6) is 0 Å². The first-order valence-electron chi connectivity index (χ1n) is 5.63. The summed E-state index contributed by atoms with van der Waals surface area (Å²) in [6.45, 7) is 6.12. The minimum Gasteiger partial charge on any atom is -0.349 e. The number of carbonyl (C=O) groups excluding carboxylic acids is 1. The van der Waals surface area contributed by atoms with Crippen molar-refractivity contribution in [1.29, 1.82) is 0 Å².